The highest BCUT2D eigenvalue weighted by atomic mass is 31.2. The summed E-state index contributed by atoms with van der Waals surface area (Å²) in [6.45, 7) is 0.161. The number of nitrogens with one attached hydrogen (secondary N) is 3. The van der Waals surface area contributed by atoms with Gasteiger partial charge in [-0.25, -0.2) is 23.9 Å². The zero-order valence-corrected chi connectivity index (χ0v) is 17.9. The van der Waals surface area contributed by atoms with E-state index in [-0.39, 0.29) is 17.0 Å². The molecule has 2 aliphatic rings. The largest absolute Gasteiger partial charge is 0.434 e. The number of aromatic amines is 1. The number of hydrogen-bond donors (Lipinski definition) is 6. The zero-order valence-electron chi connectivity index (χ0n) is 17.0. The summed E-state index contributed by atoms with van der Waals surface area (Å²) >= 11 is 0. The lowest BCUT2D eigenvalue weighted by Gasteiger charge is -2.21. The van der Waals surface area contributed by atoms with Gasteiger partial charge in [0.1, 0.15) is 30.2 Å². The Balaban J connectivity index is 1.47. The van der Waals surface area contributed by atoms with E-state index in [1.54, 1.807) is 0 Å². The molecule has 2 aromatic heterocycles. The Kier molecular flexibility index (Phi) is 6.31. The highest BCUT2D eigenvalue weighted by molar-refractivity contribution is 7.52. The summed E-state index contributed by atoms with van der Waals surface area (Å²) < 4.78 is 29.5. The molecule has 4 heterocycles. The van der Waals surface area contributed by atoms with Crippen molar-refractivity contribution >= 4 is 30.6 Å². The van der Waals surface area contributed by atoms with E-state index in [0.717, 1.165) is 24.4 Å². The summed E-state index contributed by atoms with van der Waals surface area (Å²) in [5.41, 5.74) is 5.26. The van der Waals surface area contributed by atoms with E-state index in [4.69, 9.17) is 19.5 Å². The molecule has 2 aliphatic heterocycles. The van der Waals surface area contributed by atoms with Gasteiger partial charge in [0.25, 0.3) is 0 Å². The Labute approximate surface area is 180 Å². The van der Waals surface area contributed by atoms with Crippen LogP contribution in [0.2, 0.25) is 0 Å². The second kappa shape index (κ2) is 8.86. The fraction of sp³-hybridized carbons (Fsp3) is 0.625. The molecule has 32 heavy (non-hydrogen) atoms. The van der Waals surface area contributed by atoms with E-state index in [2.05, 4.69) is 25.4 Å². The molecule has 4 rings (SSSR count). The molecule has 2 saturated heterocycles. The fourth-order valence-corrected chi connectivity index (χ4v) is 4.73. The Morgan fingerprint density at radius 3 is 2.91 bits per heavy atom. The first-order valence-corrected chi connectivity index (χ1v) is 11.4. The SMILES string of the molecule is COP(=O)(NC(=O)[C@@H]1CCCN1)OCC1OC(n2c(=O)[nH]c3c(N)ncnc32)C(O)C1O. The third-order valence-electron chi connectivity index (χ3n) is 5.40. The van der Waals surface area contributed by atoms with Crippen LogP contribution in [0.25, 0.3) is 11.2 Å². The topological polar surface area (TPSA) is 216 Å². The minimum absolute atomic E-state index is 0.0206. The molecule has 0 bridgehead atoms. The molecule has 7 N–H and O–H groups in total. The Morgan fingerprint density at radius 2 is 2.22 bits per heavy atom. The number of H-pyrrole nitrogens is 1. The van der Waals surface area contributed by atoms with E-state index in [1.165, 1.54) is 0 Å². The molecule has 6 atom stereocenters. The molecule has 1 amide bonds. The number of imidazole rings is 1. The molecule has 2 fully saturated rings. The van der Waals surface area contributed by atoms with Gasteiger partial charge >= 0.3 is 13.4 Å². The number of anilines is 1. The van der Waals surface area contributed by atoms with Crippen LogP contribution in [-0.2, 0) is 23.1 Å². The van der Waals surface area contributed by atoms with Crippen LogP contribution < -0.4 is 21.8 Å². The molecule has 0 saturated carbocycles. The first kappa shape index (κ1) is 22.8. The van der Waals surface area contributed by atoms with Crippen LogP contribution in [0.3, 0.4) is 0 Å². The Morgan fingerprint density at radius 1 is 1.44 bits per heavy atom. The monoisotopic (exact) mass is 473 g/mol. The number of nitrogen functional groups attached to an aromatic ring is 1. The number of ether oxygens (including phenoxy) is 1. The minimum Gasteiger partial charge on any atom is -0.387 e. The molecule has 5 unspecified atom stereocenters. The Bertz CT molecular complexity index is 1100. The number of aliphatic hydroxyl groups excluding tert-OH is 2. The van der Waals surface area contributed by atoms with Crippen molar-refractivity contribution in [1.82, 2.24) is 29.9 Å². The fourth-order valence-electron chi connectivity index (χ4n) is 3.69. The van der Waals surface area contributed by atoms with Crippen molar-refractivity contribution in [3.63, 3.8) is 0 Å². The predicted molar refractivity (Wildman–Crippen MR) is 108 cm³/mol. The zero-order chi connectivity index (χ0) is 23.0. The third-order valence-corrected chi connectivity index (χ3v) is 6.86. The van der Waals surface area contributed by atoms with Gasteiger partial charge in [0.05, 0.1) is 12.6 Å². The highest BCUT2D eigenvalue weighted by Gasteiger charge is 2.46. The van der Waals surface area contributed by atoms with Gasteiger partial charge in [0.2, 0.25) is 5.91 Å². The molecule has 15 nitrogen and oxygen atoms in total. The summed E-state index contributed by atoms with van der Waals surface area (Å²) in [7, 11) is -2.97. The quantitative estimate of drug-likeness (QED) is 0.240. The molecule has 2 aromatic rings. The second-order valence-electron chi connectivity index (χ2n) is 7.40. The lowest BCUT2D eigenvalue weighted by molar-refractivity contribution is -0.121. The standard InChI is InChI=1S/C16H24N7O8P/c1-29-32(28,22-14(26)7-3-2-4-18-7)30-5-8-10(24)11(25)15(31-8)23-13-9(21-16(23)27)12(17)19-6-20-13/h6-8,10-11,15,18,24-25H,2-5H2,1H3,(H,21,27)(H2,17,19,20)(H,22,26,28)/t7-,8?,10?,11?,15?,32?/m0/s1. The van der Waals surface area contributed by atoms with Crippen LogP contribution in [0.5, 0.6) is 0 Å². The van der Waals surface area contributed by atoms with Gasteiger partial charge in [-0.2, -0.15) is 0 Å². The number of amides is 1. The minimum atomic E-state index is -4.07. The van der Waals surface area contributed by atoms with Crippen molar-refractivity contribution in [3.05, 3.63) is 16.8 Å². The lowest BCUT2D eigenvalue weighted by atomic mass is 10.1. The van der Waals surface area contributed by atoms with Gasteiger partial charge in [-0.05, 0) is 19.4 Å². The average molecular weight is 473 g/mol. The molecule has 0 aromatic carbocycles. The van der Waals surface area contributed by atoms with Crippen LogP contribution in [0.4, 0.5) is 5.82 Å². The van der Waals surface area contributed by atoms with E-state index in [9.17, 15) is 24.4 Å². The summed E-state index contributed by atoms with van der Waals surface area (Å²) in [5.74, 6) is -0.520. The molecular formula is C16H24N7O8P. The van der Waals surface area contributed by atoms with Crippen molar-refractivity contribution in [3.8, 4) is 0 Å². The van der Waals surface area contributed by atoms with E-state index in [0.29, 0.717) is 13.0 Å². The van der Waals surface area contributed by atoms with Gasteiger partial charge in [-0.15, -0.1) is 0 Å². The lowest BCUT2D eigenvalue weighted by Crippen LogP contribution is -2.40. The third kappa shape index (κ3) is 4.15. The number of carbonyl (C=O) groups is 1. The van der Waals surface area contributed by atoms with Crippen molar-refractivity contribution in [2.75, 3.05) is 26.0 Å². The average Bonchev–Trinajstić information content (AvgIpc) is 3.47. The summed E-state index contributed by atoms with van der Waals surface area (Å²) in [5, 5.41) is 26.1. The summed E-state index contributed by atoms with van der Waals surface area (Å²) in [6, 6.07) is -0.509. The van der Waals surface area contributed by atoms with E-state index in [1.807, 2.05) is 0 Å². The van der Waals surface area contributed by atoms with Crippen LogP contribution in [0, 0.1) is 0 Å². The van der Waals surface area contributed by atoms with Crippen molar-refractivity contribution in [1.29, 1.82) is 0 Å². The van der Waals surface area contributed by atoms with Crippen LogP contribution >= 0.6 is 7.75 Å². The number of nitrogens with two attached hydrogens (primary N) is 1. The van der Waals surface area contributed by atoms with Crippen molar-refractivity contribution < 1.29 is 33.4 Å². The predicted octanol–water partition coefficient (Wildman–Crippen LogP) is -2.04. The number of hydrogen-bond acceptors (Lipinski definition) is 12. The summed E-state index contributed by atoms with van der Waals surface area (Å²) in [6.07, 6.45) is -3.06. The maximum Gasteiger partial charge on any atom is 0.434 e. The van der Waals surface area contributed by atoms with Crippen LogP contribution in [-0.4, -0.2) is 80.3 Å². The maximum atomic E-state index is 12.8. The van der Waals surface area contributed by atoms with Gasteiger partial charge in [0.15, 0.2) is 17.7 Å². The van der Waals surface area contributed by atoms with Crippen LogP contribution in [0.15, 0.2) is 11.1 Å². The first-order valence-electron chi connectivity index (χ1n) is 9.82. The van der Waals surface area contributed by atoms with Crippen LogP contribution in [0.1, 0.15) is 19.1 Å². The number of aromatic nitrogens is 4. The second-order valence-corrected chi connectivity index (χ2v) is 9.25. The van der Waals surface area contributed by atoms with Crippen molar-refractivity contribution in [2.24, 2.45) is 0 Å². The van der Waals surface area contributed by atoms with Gasteiger partial charge in [-0.3, -0.25) is 18.9 Å². The molecular weight excluding hydrogens is 449 g/mol. The highest BCUT2D eigenvalue weighted by Crippen LogP contribution is 2.44. The number of carbonyl (C=O) groups excluding carboxylic acids is 1. The maximum absolute atomic E-state index is 12.8. The Hall–Kier alpha value is -2.39. The van der Waals surface area contributed by atoms with E-state index < -0.39 is 56.5 Å². The molecule has 0 aliphatic carbocycles. The molecule has 0 radical (unpaired) electrons. The number of nitrogens with zero attached hydrogens (tertiary/aromatic N) is 3. The number of fused-ring (bicyclic) bond motifs is 1. The molecule has 0 spiro atoms. The first-order chi connectivity index (χ1) is 15.2. The molecule has 16 heteroatoms. The normalized spacial score (nSPS) is 29.9. The van der Waals surface area contributed by atoms with Gasteiger partial charge in [0, 0.05) is 7.11 Å². The summed E-state index contributed by atoms with van der Waals surface area (Å²) in [4.78, 5) is 34.9. The molecule has 176 valence electrons. The number of aliphatic hydroxyl groups is 2. The number of rotatable bonds is 7. The van der Waals surface area contributed by atoms with Crippen molar-refractivity contribution in [2.45, 2.75) is 43.4 Å². The van der Waals surface area contributed by atoms with E-state index >= 15 is 0 Å². The van der Waals surface area contributed by atoms with Gasteiger partial charge in [-0.1, -0.05) is 0 Å². The smallest absolute Gasteiger partial charge is 0.387 e. The van der Waals surface area contributed by atoms with Gasteiger partial charge < -0.3 is 31.0 Å².